The molecule has 2 atom stereocenters. The van der Waals surface area contributed by atoms with Crippen LogP contribution in [0.1, 0.15) is 0 Å². The molecule has 0 saturated carbocycles. The van der Waals surface area contributed by atoms with Crippen molar-refractivity contribution in [3.8, 4) is 0 Å². The molecular weight excluding hydrogens is 472 g/mol. The molecule has 0 fully saturated rings. The monoisotopic (exact) mass is 482 g/mol. The summed E-state index contributed by atoms with van der Waals surface area (Å²) in [4.78, 5) is 2.64. The smallest absolute Gasteiger partial charge is 0.0861 e. The van der Waals surface area contributed by atoms with E-state index in [0.717, 1.165) is 8.95 Å². The molecule has 24 heavy (non-hydrogen) atoms. The summed E-state index contributed by atoms with van der Waals surface area (Å²) in [6.45, 7) is 0. The van der Waals surface area contributed by atoms with E-state index in [-0.39, 0.29) is 0 Å². The number of hydrogen-bond acceptors (Lipinski definition) is 2. The third kappa shape index (κ3) is 3.77. The highest BCUT2D eigenvalue weighted by atomic mass is 79.9. The van der Waals surface area contributed by atoms with E-state index >= 15 is 0 Å². The lowest BCUT2D eigenvalue weighted by molar-refractivity contribution is 0.681. The first-order chi connectivity index (χ1) is 11.6. The minimum Gasteiger partial charge on any atom is -0.249 e. The van der Waals surface area contributed by atoms with Gasteiger partial charge in [0.25, 0.3) is 0 Å². The third-order valence-electron chi connectivity index (χ3n) is 3.31. The van der Waals surface area contributed by atoms with Gasteiger partial charge >= 0.3 is 0 Å². The SMILES string of the molecule is O=S(c1cccc(S(=O)c2ccccc2Br)c1)c1ccccc1Br. The molecule has 3 aromatic rings. The van der Waals surface area contributed by atoms with Gasteiger partial charge in [0.15, 0.2) is 0 Å². The summed E-state index contributed by atoms with van der Waals surface area (Å²) in [5.74, 6) is 0. The van der Waals surface area contributed by atoms with Crippen molar-refractivity contribution in [2.75, 3.05) is 0 Å². The van der Waals surface area contributed by atoms with E-state index in [1.54, 1.807) is 24.3 Å². The van der Waals surface area contributed by atoms with Gasteiger partial charge in [0.05, 0.1) is 31.4 Å². The van der Waals surface area contributed by atoms with Crippen molar-refractivity contribution in [1.29, 1.82) is 0 Å². The van der Waals surface area contributed by atoms with Gasteiger partial charge in [-0.05, 0) is 74.3 Å². The molecule has 0 bridgehead atoms. The Hall–Kier alpha value is -1.08. The third-order valence-corrected chi connectivity index (χ3v) is 8.09. The van der Waals surface area contributed by atoms with Crippen LogP contribution >= 0.6 is 31.9 Å². The molecule has 0 heterocycles. The van der Waals surface area contributed by atoms with Gasteiger partial charge in [-0.25, -0.2) is 8.42 Å². The summed E-state index contributed by atoms with van der Waals surface area (Å²) in [7, 11) is -2.68. The fourth-order valence-corrected chi connectivity index (χ4v) is 5.95. The normalized spacial score (nSPS) is 13.4. The van der Waals surface area contributed by atoms with Crippen LogP contribution in [0.25, 0.3) is 0 Å². The standard InChI is InChI=1S/C18H12Br2O2S2/c19-15-8-1-3-10-17(15)23(21)13-6-5-7-14(12-13)24(22)18-11-4-2-9-16(18)20/h1-12H. The van der Waals surface area contributed by atoms with E-state index in [9.17, 15) is 8.42 Å². The van der Waals surface area contributed by atoms with Gasteiger partial charge < -0.3 is 0 Å². The van der Waals surface area contributed by atoms with Gasteiger partial charge in [-0.2, -0.15) is 0 Å². The molecule has 0 N–H and O–H groups in total. The maximum atomic E-state index is 12.8. The molecule has 0 aromatic heterocycles. The van der Waals surface area contributed by atoms with Crippen LogP contribution in [-0.4, -0.2) is 8.42 Å². The Balaban J connectivity index is 1.98. The predicted molar refractivity (Wildman–Crippen MR) is 104 cm³/mol. The Labute approximate surface area is 162 Å². The van der Waals surface area contributed by atoms with Gasteiger partial charge in [-0.15, -0.1) is 0 Å². The van der Waals surface area contributed by atoms with Crippen LogP contribution in [0.3, 0.4) is 0 Å². The molecule has 0 aliphatic carbocycles. The minimum absolute atomic E-state index is 0.625. The van der Waals surface area contributed by atoms with Crippen LogP contribution in [0.5, 0.6) is 0 Å². The summed E-state index contributed by atoms with van der Waals surface area (Å²) in [5.41, 5.74) is 0. The molecule has 3 rings (SSSR count). The van der Waals surface area contributed by atoms with E-state index in [0.29, 0.717) is 19.6 Å². The number of hydrogen-bond donors (Lipinski definition) is 0. The molecule has 0 radical (unpaired) electrons. The summed E-state index contributed by atoms with van der Waals surface area (Å²) in [5, 5.41) is 0. The molecule has 0 saturated heterocycles. The quantitative estimate of drug-likeness (QED) is 0.487. The van der Waals surface area contributed by atoms with Gasteiger partial charge in [-0.3, -0.25) is 0 Å². The fourth-order valence-electron chi connectivity index (χ4n) is 2.15. The molecule has 0 amide bonds. The first-order valence-corrected chi connectivity index (χ1v) is 10.9. The Kier molecular flexibility index (Phi) is 5.81. The Morgan fingerprint density at radius 2 is 1.00 bits per heavy atom. The molecule has 0 aliphatic heterocycles. The van der Waals surface area contributed by atoms with Crippen LogP contribution in [0, 0.1) is 0 Å². The zero-order valence-electron chi connectivity index (χ0n) is 12.3. The van der Waals surface area contributed by atoms with Crippen LogP contribution in [0.2, 0.25) is 0 Å². The Bertz CT molecular complexity index is 869. The largest absolute Gasteiger partial charge is 0.249 e. The van der Waals surface area contributed by atoms with Crippen LogP contribution in [0.15, 0.2) is 101 Å². The van der Waals surface area contributed by atoms with Crippen molar-refractivity contribution in [1.82, 2.24) is 0 Å². The first-order valence-electron chi connectivity index (χ1n) is 7.00. The van der Waals surface area contributed by atoms with Gasteiger partial charge in [0.2, 0.25) is 0 Å². The van der Waals surface area contributed by atoms with Gasteiger partial charge in [0, 0.05) is 18.7 Å². The molecule has 2 nitrogen and oxygen atoms in total. The zero-order chi connectivity index (χ0) is 17.1. The lowest BCUT2D eigenvalue weighted by Crippen LogP contribution is -1.98. The first kappa shape index (κ1) is 17.7. The lowest BCUT2D eigenvalue weighted by Gasteiger charge is -2.08. The molecule has 0 spiro atoms. The molecule has 122 valence electrons. The zero-order valence-corrected chi connectivity index (χ0v) is 17.1. The second-order valence-corrected chi connectivity index (χ2v) is 9.48. The summed E-state index contributed by atoms with van der Waals surface area (Å²) >= 11 is 6.86. The van der Waals surface area contributed by atoms with Gasteiger partial charge in [0.1, 0.15) is 0 Å². The highest BCUT2D eigenvalue weighted by Crippen LogP contribution is 2.28. The van der Waals surface area contributed by atoms with Crippen molar-refractivity contribution < 1.29 is 8.42 Å². The Morgan fingerprint density at radius 3 is 1.42 bits per heavy atom. The van der Waals surface area contributed by atoms with E-state index in [2.05, 4.69) is 31.9 Å². The van der Waals surface area contributed by atoms with E-state index in [4.69, 9.17) is 0 Å². The predicted octanol–water partition coefficient (Wildman–Crippen LogP) is 5.55. The molecule has 2 unspecified atom stereocenters. The van der Waals surface area contributed by atoms with Crippen molar-refractivity contribution in [3.63, 3.8) is 0 Å². The maximum absolute atomic E-state index is 12.8. The summed E-state index contributed by atoms with van der Waals surface area (Å²) < 4.78 is 27.2. The Morgan fingerprint density at radius 1 is 0.583 bits per heavy atom. The fraction of sp³-hybridized carbons (Fsp3) is 0. The van der Waals surface area contributed by atoms with E-state index in [1.807, 2.05) is 48.5 Å². The molecule has 0 aliphatic rings. The van der Waals surface area contributed by atoms with Crippen LogP contribution in [0.4, 0.5) is 0 Å². The maximum Gasteiger partial charge on any atom is 0.0861 e. The number of halogens is 2. The highest BCUT2D eigenvalue weighted by Gasteiger charge is 2.15. The molecule has 3 aromatic carbocycles. The van der Waals surface area contributed by atoms with E-state index in [1.165, 1.54) is 0 Å². The number of rotatable bonds is 4. The lowest BCUT2D eigenvalue weighted by atomic mass is 10.4. The van der Waals surface area contributed by atoms with Crippen LogP contribution in [-0.2, 0) is 21.6 Å². The minimum atomic E-state index is -1.34. The van der Waals surface area contributed by atoms with E-state index < -0.39 is 21.6 Å². The van der Waals surface area contributed by atoms with Crippen LogP contribution < -0.4 is 0 Å². The molecular formula is C18H12Br2O2S2. The summed E-state index contributed by atoms with van der Waals surface area (Å²) in [6.07, 6.45) is 0. The highest BCUT2D eigenvalue weighted by molar-refractivity contribution is 9.10. The van der Waals surface area contributed by atoms with Crippen molar-refractivity contribution >= 4 is 53.5 Å². The second kappa shape index (κ2) is 7.87. The average Bonchev–Trinajstić information content (AvgIpc) is 2.61. The van der Waals surface area contributed by atoms with Crippen molar-refractivity contribution in [2.45, 2.75) is 19.6 Å². The summed E-state index contributed by atoms with van der Waals surface area (Å²) in [6, 6.07) is 21.9. The van der Waals surface area contributed by atoms with Crippen molar-refractivity contribution in [2.24, 2.45) is 0 Å². The number of benzene rings is 3. The van der Waals surface area contributed by atoms with Crippen molar-refractivity contribution in [3.05, 3.63) is 81.7 Å². The van der Waals surface area contributed by atoms with Gasteiger partial charge in [-0.1, -0.05) is 30.3 Å². The average molecular weight is 484 g/mol. The topological polar surface area (TPSA) is 34.1 Å². The molecule has 6 heteroatoms. The second-order valence-electron chi connectivity index (χ2n) is 4.87.